The Hall–Kier alpha value is -2.78. The van der Waals surface area contributed by atoms with E-state index >= 15 is 0 Å². The van der Waals surface area contributed by atoms with E-state index in [0.717, 1.165) is 48.9 Å². The Labute approximate surface area is 174 Å². The average molecular weight is 412 g/mol. The molecule has 0 atom stereocenters. The van der Waals surface area contributed by atoms with E-state index in [9.17, 15) is 0 Å². The minimum absolute atomic E-state index is 0.260. The third kappa shape index (κ3) is 4.80. The maximum Gasteiger partial charge on any atom is 0.208 e. The molecule has 0 unspecified atom stereocenters. The topological polar surface area (TPSA) is 79.3 Å². The SMILES string of the molecule is CN1CCC(Oc2ccc(-c3nsc(Nc4ncccc4N(C)C)n3)nc2)CC1. The maximum atomic E-state index is 6.06. The largest absolute Gasteiger partial charge is 0.489 e. The van der Waals surface area contributed by atoms with Crippen LogP contribution in [0.1, 0.15) is 12.8 Å². The second-order valence-corrected chi connectivity index (χ2v) is 8.07. The molecule has 8 nitrogen and oxygen atoms in total. The molecule has 1 aliphatic heterocycles. The molecule has 0 saturated carbocycles. The van der Waals surface area contributed by atoms with E-state index in [2.05, 4.69) is 36.6 Å². The average Bonchev–Trinajstić information content (AvgIpc) is 3.19. The van der Waals surface area contributed by atoms with Crippen molar-refractivity contribution in [1.82, 2.24) is 24.2 Å². The Morgan fingerprint density at radius 1 is 1.17 bits per heavy atom. The zero-order valence-electron chi connectivity index (χ0n) is 16.9. The molecule has 1 saturated heterocycles. The zero-order chi connectivity index (χ0) is 20.2. The van der Waals surface area contributed by atoms with Crippen molar-refractivity contribution in [3.8, 4) is 17.3 Å². The van der Waals surface area contributed by atoms with Crippen molar-refractivity contribution in [3.05, 3.63) is 36.7 Å². The smallest absolute Gasteiger partial charge is 0.208 e. The Morgan fingerprint density at radius 2 is 2.00 bits per heavy atom. The molecule has 0 amide bonds. The van der Waals surface area contributed by atoms with Crippen molar-refractivity contribution in [2.45, 2.75) is 18.9 Å². The number of rotatable bonds is 6. The second kappa shape index (κ2) is 8.71. The minimum Gasteiger partial charge on any atom is -0.489 e. The molecule has 1 fully saturated rings. The van der Waals surface area contributed by atoms with Gasteiger partial charge in [-0.2, -0.15) is 9.36 Å². The number of hydrogen-bond donors (Lipinski definition) is 1. The highest BCUT2D eigenvalue weighted by atomic mass is 32.1. The Balaban J connectivity index is 1.42. The van der Waals surface area contributed by atoms with Gasteiger partial charge in [-0.05, 0) is 44.2 Å². The zero-order valence-corrected chi connectivity index (χ0v) is 17.7. The van der Waals surface area contributed by atoms with Gasteiger partial charge in [0.15, 0.2) is 11.6 Å². The van der Waals surface area contributed by atoms with Crippen LogP contribution in [0.4, 0.5) is 16.6 Å². The highest BCUT2D eigenvalue weighted by Gasteiger charge is 2.18. The molecule has 3 aromatic heterocycles. The third-order valence-electron chi connectivity index (χ3n) is 4.85. The first-order valence-corrected chi connectivity index (χ1v) is 10.4. The van der Waals surface area contributed by atoms with Crippen LogP contribution in [0.5, 0.6) is 5.75 Å². The fraction of sp³-hybridized carbons (Fsp3) is 0.400. The second-order valence-electron chi connectivity index (χ2n) is 7.31. The summed E-state index contributed by atoms with van der Waals surface area (Å²) in [7, 11) is 6.10. The van der Waals surface area contributed by atoms with Crippen molar-refractivity contribution in [2.75, 3.05) is 44.4 Å². The summed E-state index contributed by atoms with van der Waals surface area (Å²) in [5.74, 6) is 2.13. The molecule has 0 bridgehead atoms. The molecule has 29 heavy (non-hydrogen) atoms. The Kier molecular flexibility index (Phi) is 5.86. The van der Waals surface area contributed by atoms with Gasteiger partial charge >= 0.3 is 0 Å². The maximum absolute atomic E-state index is 6.06. The van der Waals surface area contributed by atoms with E-state index in [4.69, 9.17) is 4.74 Å². The molecule has 152 valence electrons. The van der Waals surface area contributed by atoms with E-state index in [1.165, 1.54) is 11.5 Å². The number of hydrogen-bond acceptors (Lipinski definition) is 9. The standard InChI is InChI=1S/C20H25N7OS/c1-26(2)17-5-4-10-21-19(17)24-20-23-18(25-29-20)16-7-6-15(13-22-16)28-14-8-11-27(3)12-9-14/h4-7,10,13-14H,8-9,11-12H2,1-3H3,(H,21,23,24,25). The lowest BCUT2D eigenvalue weighted by Crippen LogP contribution is -2.35. The first-order valence-electron chi connectivity index (χ1n) is 9.63. The molecule has 1 N–H and O–H groups in total. The van der Waals surface area contributed by atoms with E-state index < -0.39 is 0 Å². The van der Waals surface area contributed by atoms with Crippen molar-refractivity contribution >= 4 is 28.2 Å². The van der Waals surface area contributed by atoms with Gasteiger partial charge in [-0.3, -0.25) is 0 Å². The molecule has 4 rings (SSSR count). The number of anilines is 3. The number of ether oxygens (including phenoxy) is 1. The highest BCUT2D eigenvalue weighted by molar-refractivity contribution is 7.09. The number of nitrogens with one attached hydrogen (secondary N) is 1. The van der Waals surface area contributed by atoms with Crippen LogP contribution in [0, 0.1) is 0 Å². The van der Waals surface area contributed by atoms with Crippen molar-refractivity contribution in [2.24, 2.45) is 0 Å². The highest BCUT2D eigenvalue weighted by Crippen LogP contribution is 2.28. The number of nitrogens with zero attached hydrogens (tertiary/aromatic N) is 6. The predicted molar refractivity (Wildman–Crippen MR) is 116 cm³/mol. The first-order chi connectivity index (χ1) is 14.1. The number of likely N-dealkylation sites (tertiary alicyclic amines) is 1. The van der Waals surface area contributed by atoms with E-state index in [0.29, 0.717) is 11.0 Å². The Bertz CT molecular complexity index is 936. The third-order valence-corrected chi connectivity index (χ3v) is 5.48. The summed E-state index contributed by atoms with van der Waals surface area (Å²) in [6.07, 6.45) is 5.86. The van der Waals surface area contributed by atoms with Gasteiger partial charge in [-0.1, -0.05) is 0 Å². The van der Waals surface area contributed by atoms with Gasteiger partial charge in [0.1, 0.15) is 17.5 Å². The quantitative estimate of drug-likeness (QED) is 0.662. The number of aromatic nitrogens is 4. The van der Waals surface area contributed by atoms with Gasteiger partial charge in [0, 0.05) is 44.9 Å². The fourth-order valence-electron chi connectivity index (χ4n) is 3.21. The summed E-state index contributed by atoms with van der Waals surface area (Å²) in [5.41, 5.74) is 1.71. The van der Waals surface area contributed by atoms with Gasteiger partial charge < -0.3 is 19.9 Å². The predicted octanol–water partition coefficient (Wildman–Crippen LogP) is 3.28. The first kappa shape index (κ1) is 19.5. The minimum atomic E-state index is 0.260. The van der Waals surface area contributed by atoms with Crippen molar-refractivity contribution in [3.63, 3.8) is 0 Å². The molecular weight excluding hydrogens is 386 g/mol. The van der Waals surface area contributed by atoms with E-state index in [1.54, 1.807) is 12.4 Å². The fourth-order valence-corrected chi connectivity index (χ4v) is 3.79. The Morgan fingerprint density at radius 3 is 2.72 bits per heavy atom. The van der Waals surface area contributed by atoms with E-state index in [1.807, 2.05) is 43.3 Å². The molecule has 9 heteroatoms. The van der Waals surface area contributed by atoms with Crippen molar-refractivity contribution < 1.29 is 4.74 Å². The molecule has 3 aromatic rings. The van der Waals surface area contributed by atoms with Crippen LogP contribution in [0.3, 0.4) is 0 Å². The summed E-state index contributed by atoms with van der Waals surface area (Å²) in [6, 6.07) is 7.76. The molecular formula is C20H25N7OS. The van der Waals surface area contributed by atoms with Gasteiger partial charge in [-0.15, -0.1) is 0 Å². The molecule has 4 heterocycles. The van der Waals surface area contributed by atoms with Gasteiger partial charge in [-0.25, -0.2) is 9.97 Å². The van der Waals surface area contributed by atoms with Gasteiger partial charge in [0.2, 0.25) is 5.13 Å². The van der Waals surface area contributed by atoms with Gasteiger partial charge in [0.05, 0.1) is 11.9 Å². The van der Waals surface area contributed by atoms with Crippen LogP contribution < -0.4 is 15.0 Å². The lowest BCUT2D eigenvalue weighted by Gasteiger charge is -2.29. The number of pyridine rings is 2. The molecule has 1 aliphatic rings. The summed E-state index contributed by atoms with van der Waals surface area (Å²) in [6.45, 7) is 2.14. The molecule has 0 spiro atoms. The molecule has 0 aliphatic carbocycles. The molecule has 0 radical (unpaired) electrons. The lowest BCUT2D eigenvalue weighted by molar-refractivity contribution is 0.114. The van der Waals surface area contributed by atoms with Crippen LogP contribution >= 0.6 is 11.5 Å². The summed E-state index contributed by atoms with van der Waals surface area (Å²) in [4.78, 5) is 17.8. The van der Waals surface area contributed by atoms with E-state index in [-0.39, 0.29) is 6.10 Å². The van der Waals surface area contributed by atoms with Crippen LogP contribution in [-0.2, 0) is 0 Å². The normalized spacial score (nSPS) is 15.3. The summed E-state index contributed by atoms with van der Waals surface area (Å²) >= 11 is 1.29. The monoisotopic (exact) mass is 411 g/mol. The molecule has 0 aromatic carbocycles. The lowest BCUT2D eigenvalue weighted by atomic mass is 10.1. The van der Waals surface area contributed by atoms with Crippen LogP contribution in [0.15, 0.2) is 36.7 Å². The van der Waals surface area contributed by atoms with Crippen LogP contribution in [0.25, 0.3) is 11.5 Å². The summed E-state index contributed by atoms with van der Waals surface area (Å²) in [5, 5.41) is 3.92. The summed E-state index contributed by atoms with van der Waals surface area (Å²) < 4.78 is 10.5. The van der Waals surface area contributed by atoms with Gasteiger partial charge in [0.25, 0.3) is 0 Å². The van der Waals surface area contributed by atoms with Crippen LogP contribution in [0.2, 0.25) is 0 Å². The van der Waals surface area contributed by atoms with Crippen molar-refractivity contribution in [1.29, 1.82) is 0 Å². The van der Waals surface area contributed by atoms with Crippen LogP contribution in [-0.4, -0.2) is 64.6 Å². The number of piperidine rings is 1.